The Morgan fingerprint density at radius 2 is 1.89 bits per heavy atom. The monoisotopic (exact) mass is 513 g/mol. The zero-order valence-corrected chi connectivity index (χ0v) is 22.1. The van der Waals surface area contributed by atoms with Crippen molar-refractivity contribution in [3.63, 3.8) is 0 Å². The van der Waals surface area contributed by atoms with Crippen LogP contribution in [0.15, 0.2) is 47.9 Å². The van der Waals surface area contributed by atoms with Crippen LogP contribution in [0.2, 0.25) is 0 Å². The van der Waals surface area contributed by atoms with Crippen LogP contribution in [0.3, 0.4) is 0 Å². The van der Waals surface area contributed by atoms with Crippen molar-refractivity contribution in [3.8, 4) is 5.75 Å². The molecular formula is C28H35NO6S. The number of rotatable bonds is 8. The van der Waals surface area contributed by atoms with Crippen molar-refractivity contribution < 1.29 is 27.4 Å². The van der Waals surface area contributed by atoms with Gasteiger partial charge in [0.05, 0.1) is 24.3 Å². The smallest absolute Gasteiger partial charge is 0.341 e. The highest BCUT2D eigenvalue weighted by atomic mass is 32.2. The van der Waals surface area contributed by atoms with Crippen LogP contribution in [0.25, 0.3) is 5.57 Å². The number of nitrogens with zero attached hydrogens (tertiary/aromatic N) is 1. The Labute approximate surface area is 214 Å². The number of anilines is 1. The molecule has 1 saturated heterocycles. The van der Waals surface area contributed by atoms with Crippen molar-refractivity contribution in [3.05, 3.63) is 59.7 Å². The summed E-state index contributed by atoms with van der Waals surface area (Å²) in [5.41, 5.74) is 3.70. The zero-order valence-electron chi connectivity index (χ0n) is 21.3. The zero-order chi connectivity index (χ0) is 25.9. The molecule has 0 saturated carbocycles. The normalized spacial score (nSPS) is 18.4. The summed E-state index contributed by atoms with van der Waals surface area (Å²) in [7, 11) is -2.68. The van der Waals surface area contributed by atoms with Crippen molar-refractivity contribution in [2.45, 2.75) is 56.9 Å². The second kappa shape index (κ2) is 11.0. The van der Waals surface area contributed by atoms with Crippen LogP contribution >= 0.6 is 0 Å². The van der Waals surface area contributed by atoms with Gasteiger partial charge in [-0.1, -0.05) is 25.1 Å². The molecule has 1 fully saturated rings. The Bertz CT molecular complexity index is 1230. The molecule has 0 aromatic heterocycles. The quantitative estimate of drug-likeness (QED) is 0.450. The molecule has 194 valence electrons. The number of hydrogen-bond acceptors (Lipinski definition) is 6. The molecule has 0 spiro atoms. The van der Waals surface area contributed by atoms with Gasteiger partial charge in [-0.05, 0) is 86.4 Å². The summed E-state index contributed by atoms with van der Waals surface area (Å²) in [6.07, 6.45) is 3.97. The van der Waals surface area contributed by atoms with Gasteiger partial charge < -0.3 is 14.2 Å². The minimum Gasteiger partial charge on any atom is -0.492 e. The number of esters is 1. The fourth-order valence-electron chi connectivity index (χ4n) is 4.90. The van der Waals surface area contributed by atoms with E-state index in [1.165, 1.54) is 23.5 Å². The summed E-state index contributed by atoms with van der Waals surface area (Å²) in [5, 5.41) is 0. The molecule has 1 atom stereocenters. The minimum absolute atomic E-state index is 0.0385. The Balaban J connectivity index is 1.70. The number of carbonyl (C=O) groups excluding carboxylic acids is 1. The molecule has 8 heteroatoms. The Morgan fingerprint density at radius 1 is 1.14 bits per heavy atom. The summed E-state index contributed by atoms with van der Waals surface area (Å²) in [6.45, 7) is 9.77. The van der Waals surface area contributed by atoms with Gasteiger partial charge in [-0.15, -0.1) is 0 Å². The molecule has 0 N–H and O–H groups in total. The molecule has 2 aliphatic heterocycles. The van der Waals surface area contributed by atoms with Gasteiger partial charge in [0.15, 0.2) is 0 Å². The highest BCUT2D eigenvalue weighted by molar-refractivity contribution is 7.92. The maximum Gasteiger partial charge on any atom is 0.341 e. The number of sulfonamides is 1. The number of aryl methyl sites for hydroxylation is 1. The summed E-state index contributed by atoms with van der Waals surface area (Å²) in [5.74, 6) is 0.0163. The van der Waals surface area contributed by atoms with Crippen LogP contribution in [0.5, 0.6) is 5.75 Å². The first-order valence-electron chi connectivity index (χ1n) is 12.5. The summed E-state index contributed by atoms with van der Waals surface area (Å²) < 4.78 is 45.9. The molecule has 4 rings (SSSR count). The molecule has 0 aliphatic carbocycles. The second-order valence-corrected chi connectivity index (χ2v) is 11.4. The van der Waals surface area contributed by atoms with Crippen molar-refractivity contribution in [1.82, 2.24) is 0 Å². The van der Waals surface area contributed by atoms with Crippen molar-refractivity contribution in [1.29, 1.82) is 0 Å². The Kier molecular flexibility index (Phi) is 8.05. The third-order valence-corrected chi connectivity index (χ3v) is 8.95. The number of hydrogen-bond donors (Lipinski definition) is 0. The molecule has 0 amide bonds. The topological polar surface area (TPSA) is 82.1 Å². The predicted molar refractivity (Wildman–Crippen MR) is 140 cm³/mol. The number of allylic oxidation sites excluding steroid dienone is 1. The minimum atomic E-state index is -3.96. The van der Waals surface area contributed by atoms with Crippen molar-refractivity contribution in [2.24, 2.45) is 5.92 Å². The van der Waals surface area contributed by atoms with E-state index >= 15 is 0 Å². The van der Waals surface area contributed by atoms with E-state index in [2.05, 4.69) is 6.58 Å². The summed E-state index contributed by atoms with van der Waals surface area (Å²) >= 11 is 0. The standard InChI is InChI=1S/C28H35NO6S/c1-5-23-8-6-22-16-21(19(2)3)7-10-26(22)29(23)36(31,32)24-9-11-27(25(17-24)28(30)33-4)35-18-20-12-14-34-15-13-20/h7,9-11,16-17,20,23H,2,5-6,8,12-15,18H2,1,3-4H3/t23-/m0/s1. The maximum absolute atomic E-state index is 14.0. The van der Waals surface area contributed by atoms with Crippen LogP contribution in [0.1, 0.15) is 61.0 Å². The molecule has 2 heterocycles. The van der Waals surface area contributed by atoms with E-state index in [1.54, 1.807) is 6.07 Å². The Hall–Kier alpha value is -2.84. The van der Waals surface area contributed by atoms with Crippen LogP contribution in [0, 0.1) is 5.92 Å². The molecule has 0 radical (unpaired) electrons. The lowest BCUT2D eigenvalue weighted by Gasteiger charge is -2.37. The van der Waals surface area contributed by atoms with E-state index in [9.17, 15) is 13.2 Å². The lowest BCUT2D eigenvalue weighted by molar-refractivity contribution is 0.0483. The molecule has 2 aromatic carbocycles. The van der Waals surface area contributed by atoms with Crippen LogP contribution < -0.4 is 9.04 Å². The van der Waals surface area contributed by atoms with E-state index in [1.807, 2.05) is 32.0 Å². The first-order valence-corrected chi connectivity index (χ1v) is 14.0. The predicted octanol–water partition coefficient (Wildman–Crippen LogP) is 5.23. The van der Waals surface area contributed by atoms with Crippen LogP contribution in [-0.2, 0) is 25.9 Å². The third-order valence-electron chi connectivity index (χ3n) is 7.09. The maximum atomic E-state index is 14.0. The van der Waals surface area contributed by atoms with Gasteiger partial charge in [0.2, 0.25) is 0 Å². The van der Waals surface area contributed by atoms with Gasteiger partial charge in [-0.2, -0.15) is 0 Å². The van der Waals surface area contributed by atoms with Gasteiger partial charge in [0.25, 0.3) is 10.0 Å². The van der Waals surface area contributed by atoms with Crippen LogP contribution in [-0.4, -0.2) is 47.4 Å². The average Bonchev–Trinajstić information content (AvgIpc) is 2.90. The number of fused-ring (bicyclic) bond motifs is 1. The molecule has 0 bridgehead atoms. The summed E-state index contributed by atoms with van der Waals surface area (Å²) in [6, 6.07) is 10.1. The van der Waals surface area contributed by atoms with Gasteiger partial charge in [0.1, 0.15) is 11.3 Å². The van der Waals surface area contributed by atoms with E-state index in [4.69, 9.17) is 14.2 Å². The van der Waals surface area contributed by atoms with Gasteiger partial charge in [0, 0.05) is 19.3 Å². The first-order chi connectivity index (χ1) is 17.3. The van der Waals surface area contributed by atoms with E-state index in [0.717, 1.165) is 42.4 Å². The van der Waals surface area contributed by atoms with Gasteiger partial charge in [-0.25, -0.2) is 13.2 Å². The highest BCUT2D eigenvalue weighted by Crippen LogP contribution is 2.38. The molecule has 0 unspecified atom stereocenters. The fourth-order valence-corrected chi connectivity index (χ4v) is 6.72. The Morgan fingerprint density at radius 3 is 2.56 bits per heavy atom. The third kappa shape index (κ3) is 5.30. The van der Waals surface area contributed by atoms with E-state index < -0.39 is 16.0 Å². The van der Waals surface area contributed by atoms with E-state index in [-0.39, 0.29) is 16.5 Å². The van der Waals surface area contributed by atoms with Crippen molar-refractivity contribution in [2.75, 3.05) is 31.2 Å². The number of benzene rings is 2. The lowest BCUT2D eigenvalue weighted by Crippen LogP contribution is -2.43. The second-order valence-electron chi connectivity index (χ2n) is 9.54. The van der Waals surface area contributed by atoms with Gasteiger partial charge in [-0.3, -0.25) is 4.31 Å². The molecule has 7 nitrogen and oxygen atoms in total. The fraction of sp³-hybridized carbons (Fsp3) is 0.464. The number of ether oxygens (including phenoxy) is 3. The van der Waals surface area contributed by atoms with E-state index in [0.29, 0.717) is 43.6 Å². The first kappa shape index (κ1) is 26.2. The van der Waals surface area contributed by atoms with Crippen molar-refractivity contribution >= 4 is 27.3 Å². The summed E-state index contributed by atoms with van der Waals surface area (Å²) in [4.78, 5) is 12.7. The molecule has 2 aromatic rings. The molecule has 36 heavy (non-hydrogen) atoms. The lowest BCUT2D eigenvalue weighted by atomic mass is 9.94. The van der Waals surface area contributed by atoms with Crippen LogP contribution in [0.4, 0.5) is 5.69 Å². The average molecular weight is 514 g/mol. The van der Waals surface area contributed by atoms with Gasteiger partial charge >= 0.3 is 5.97 Å². The largest absolute Gasteiger partial charge is 0.492 e. The molecular weight excluding hydrogens is 478 g/mol. The number of carbonyl (C=O) groups is 1. The molecule has 2 aliphatic rings. The number of methoxy groups -OCH3 is 1. The SMILES string of the molecule is C=C(C)c1ccc2c(c1)CC[C@H](CC)N2S(=O)(=O)c1ccc(OCC2CCOCC2)c(C(=O)OC)c1. The highest BCUT2D eigenvalue weighted by Gasteiger charge is 2.36.